The van der Waals surface area contributed by atoms with Gasteiger partial charge in [0.05, 0.1) is 6.54 Å². The van der Waals surface area contributed by atoms with Gasteiger partial charge in [-0.05, 0) is 60.0 Å². The summed E-state index contributed by atoms with van der Waals surface area (Å²) in [5.41, 5.74) is 4.51. The van der Waals surface area contributed by atoms with E-state index in [4.69, 9.17) is 0 Å². The second-order valence-electron chi connectivity index (χ2n) is 5.31. The van der Waals surface area contributed by atoms with Crippen LogP contribution in [0.3, 0.4) is 0 Å². The highest BCUT2D eigenvalue weighted by atomic mass is 32.1. The normalized spacial score (nSPS) is 13.4. The number of anilines is 1. The highest BCUT2D eigenvalue weighted by molar-refractivity contribution is 7.10. The zero-order chi connectivity index (χ0) is 14.7. The first-order chi connectivity index (χ1) is 10.3. The Hall–Kier alpha value is -1.81. The predicted octanol–water partition coefficient (Wildman–Crippen LogP) is 3.60. The quantitative estimate of drug-likeness (QED) is 0.906. The van der Waals surface area contributed by atoms with Gasteiger partial charge in [-0.3, -0.25) is 4.79 Å². The number of fused-ring (bicyclic) bond motifs is 1. The fraction of sp³-hybridized carbons (Fsp3) is 0.353. The van der Waals surface area contributed by atoms with Gasteiger partial charge in [0.1, 0.15) is 0 Å². The third kappa shape index (κ3) is 3.10. The SMILES string of the molecule is CCc1ccsc1CNC(=O)c1ccc2c(c1)CCCN2. The Labute approximate surface area is 129 Å². The van der Waals surface area contributed by atoms with Crippen LogP contribution in [0.15, 0.2) is 29.6 Å². The van der Waals surface area contributed by atoms with E-state index in [2.05, 4.69) is 29.0 Å². The van der Waals surface area contributed by atoms with E-state index in [9.17, 15) is 4.79 Å². The minimum Gasteiger partial charge on any atom is -0.385 e. The molecule has 0 bridgehead atoms. The van der Waals surface area contributed by atoms with Crippen LogP contribution < -0.4 is 10.6 Å². The van der Waals surface area contributed by atoms with Crippen molar-refractivity contribution in [2.45, 2.75) is 32.7 Å². The summed E-state index contributed by atoms with van der Waals surface area (Å²) in [6.45, 7) is 3.79. The molecule has 0 fully saturated rings. The van der Waals surface area contributed by atoms with Crippen LogP contribution in [0.2, 0.25) is 0 Å². The highest BCUT2D eigenvalue weighted by Gasteiger charge is 2.13. The summed E-state index contributed by atoms with van der Waals surface area (Å²) in [5, 5.41) is 8.49. The first-order valence-electron chi connectivity index (χ1n) is 7.48. The Kier molecular flexibility index (Phi) is 4.25. The summed E-state index contributed by atoms with van der Waals surface area (Å²) in [7, 11) is 0. The van der Waals surface area contributed by atoms with Gasteiger partial charge in [0.2, 0.25) is 0 Å². The number of rotatable bonds is 4. The second-order valence-corrected chi connectivity index (χ2v) is 6.31. The lowest BCUT2D eigenvalue weighted by Gasteiger charge is -2.18. The summed E-state index contributed by atoms with van der Waals surface area (Å²) in [4.78, 5) is 13.6. The fourth-order valence-electron chi connectivity index (χ4n) is 2.72. The molecule has 110 valence electrons. The average molecular weight is 300 g/mol. The average Bonchev–Trinajstić information content (AvgIpc) is 2.99. The Bertz CT molecular complexity index is 648. The number of hydrogen-bond donors (Lipinski definition) is 2. The Morgan fingerprint density at radius 1 is 1.38 bits per heavy atom. The molecule has 1 aromatic heterocycles. The largest absolute Gasteiger partial charge is 0.385 e. The maximum Gasteiger partial charge on any atom is 0.251 e. The van der Waals surface area contributed by atoms with Crippen molar-refractivity contribution < 1.29 is 4.79 Å². The maximum atomic E-state index is 12.3. The summed E-state index contributed by atoms with van der Waals surface area (Å²) in [6.07, 6.45) is 3.20. The number of nitrogens with one attached hydrogen (secondary N) is 2. The number of amides is 1. The minimum absolute atomic E-state index is 0.0128. The molecule has 2 heterocycles. The molecule has 2 aromatic rings. The van der Waals surface area contributed by atoms with Crippen LogP contribution in [0.25, 0.3) is 0 Å². The molecule has 1 aliphatic rings. The molecular weight excluding hydrogens is 280 g/mol. The monoisotopic (exact) mass is 300 g/mol. The van der Waals surface area contributed by atoms with E-state index in [1.165, 1.54) is 21.7 Å². The van der Waals surface area contributed by atoms with Crippen molar-refractivity contribution in [1.82, 2.24) is 5.32 Å². The number of benzene rings is 1. The van der Waals surface area contributed by atoms with Crippen LogP contribution >= 0.6 is 11.3 Å². The second kappa shape index (κ2) is 6.31. The fourth-order valence-corrected chi connectivity index (χ4v) is 3.63. The van der Waals surface area contributed by atoms with Crippen LogP contribution in [-0.4, -0.2) is 12.5 Å². The molecule has 0 atom stereocenters. The molecule has 1 amide bonds. The van der Waals surface area contributed by atoms with Gasteiger partial charge < -0.3 is 10.6 Å². The molecule has 0 spiro atoms. The lowest BCUT2D eigenvalue weighted by Crippen LogP contribution is -2.23. The van der Waals surface area contributed by atoms with E-state index in [0.717, 1.165) is 31.4 Å². The van der Waals surface area contributed by atoms with Gasteiger partial charge in [0.15, 0.2) is 0 Å². The van der Waals surface area contributed by atoms with Gasteiger partial charge >= 0.3 is 0 Å². The topological polar surface area (TPSA) is 41.1 Å². The Morgan fingerprint density at radius 2 is 2.29 bits per heavy atom. The molecule has 0 saturated heterocycles. The molecule has 0 radical (unpaired) electrons. The van der Waals surface area contributed by atoms with Crippen LogP contribution in [-0.2, 0) is 19.4 Å². The number of thiophene rings is 1. The minimum atomic E-state index is 0.0128. The first kappa shape index (κ1) is 14.1. The van der Waals surface area contributed by atoms with Gasteiger partial charge in [-0.25, -0.2) is 0 Å². The molecule has 1 aliphatic heterocycles. The first-order valence-corrected chi connectivity index (χ1v) is 8.36. The molecule has 3 rings (SSSR count). The number of hydrogen-bond acceptors (Lipinski definition) is 3. The summed E-state index contributed by atoms with van der Waals surface area (Å²) >= 11 is 1.71. The van der Waals surface area contributed by atoms with Crippen LogP contribution in [0.5, 0.6) is 0 Å². The van der Waals surface area contributed by atoms with E-state index < -0.39 is 0 Å². The van der Waals surface area contributed by atoms with Gasteiger partial charge in [-0.2, -0.15) is 0 Å². The zero-order valence-electron chi connectivity index (χ0n) is 12.2. The van der Waals surface area contributed by atoms with Crippen molar-refractivity contribution in [3.8, 4) is 0 Å². The highest BCUT2D eigenvalue weighted by Crippen LogP contribution is 2.23. The van der Waals surface area contributed by atoms with Gasteiger partial charge in [0.25, 0.3) is 5.91 Å². The smallest absolute Gasteiger partial charge is 0.251 e. The van der Waals surface area contributed by atoms with E-state index in [1.807, 2.05) is 18.2 Å². The zero-order valence-corrected chi connectivity index (χ0v) is 13.1. The Balaban J connectivity index is 1.68. The molecule has 2 N–H and O–H groups in total. The van der Waals surface area contributed by atoms with Crippen LogP contribution in [0.1, 0.15) is 39.7 Å². The lowest BCUT2D eigenvalue weighted by molar-refractivity contribution is 0.0951. The molecule has 0 unspecified atom stereocenters. The van der Waals surface area contributed by atoms with Crippen molar-refractivity contribution >= 4 is 22.9 Å². The van der Waals surface area contributed by atoms with Gasteiger partial charge in [-0.1, -0.05) is 6.92 Å². The Morgan fingerprint density at radius 3 is 3.14 bits per heavy atom. The van der Waals surface area contributed by atoms with Crippen molar-refractivity contribution in [2.75, 3.05) is 11.9 Å². The standard InChI is InChI=1S/C17H20N2OS/c1-2-12-7-9-21-16(12)11-19-17(20)14-5-6-15-13(10-14)4-3-8-18-15/h5-7,9-10,18H,2-4,8,11H2,1H3,(H,19,20). The van der Waals surface area contributed by atoms with Crippen molar-refractivity contribution in [2.24, 2.45) is 0 Å². The summed E-state index contributed by atoms with van der Waals surface area (Å²) in [6, 6.07) is 8.08. The molecule has 0 aliphatic carbocycles. The van der Waals surface area contributed by atoms with Crippen molar-refractivity contribution in [3.05, 3.63) is 51.2 Å². The molecular formula is C17H20N2OS. The number of carbonyl (C=O) groups is 1. The third-order valence-corrected chi connectivity index (χ3v) is 4.90. The molecule has 1 aromatic carbocycles. The van der Waals surface area contributed by atoms with E-state index >= 15 is 0 Å². The predicted molar refractivity (Wildman–Crippen MR) is 88.1 cm³/mol. The van der Waals surface area contributed by atoms with Crippen molar-refractivity contribution in [1.29, 1.82) is 0 Å². The van der Waals surface area contributed by atoms with Crippen molar-refractivity contribution in [3.63, 3.8) is 0 Å². The summed E-state index contributed by atoms with van der Waals surface area (Å²) < 4.78 is 0. The summed E-state index contributed by atoms with van der Waals surface area (Å²) in [5.74, 6) is 0.0128. The molecule has 3 nitrogen and oxygen atoms in total. The molecule has 21 heavy (non-hydrogen) atoms. The lowest BCUT2D eigenvalue weighted by atomic mass is 10.0. The number of aryl methyl sites for hydroxylation is 2. The third-order valence-electron chi connectivity index (χ3n) is 3.93. The van der Waals surface area contributed by atoms with Crippen LogP contribution in [0, 0.1) is 0 Å². The van der Waals surface area contributed by atoms with E-state index in [1.54, 1.807) is 11.3 Å². The molecule has 4 heteroatoms. The van der Waals surface area contributed by atoms with E-state index in [-0.39, 0.29) is 5.91 Å². The maximum absolute atomic E-state index is 12.3. The van der Waals surface area contributed by atoms with E-state index in [0.29, 0.717) is 6.54 Å². The van der Waals surface area contributed by atoms with Gasteiger partial charge in [-0.15, -0.1) is 11.3 Å². The van der Waals surface area contributed by atoms with Gasteiger partial charge in [0, 0.05) is 22.7 Å². The molecule has 0 saturated carbocycles. The van der Waals surface area contributed by atoms with Crippen LogP contribution in [0.4, 0.5) is 5.69 Å². The number of carbonyl (C=O) groups excluding carboxylic acids is 1.